The lowest BCUT2D eigenvalue weighted by Crippen LogP contribution is -2.16. The molecule has 3 N–H and O–H groups in total. The fourth-order valence-electron chi connectivity index (χ4n) is 2.64. The smallest absolute Gasteiger partial charge is 0.166 e. The number of anilines is 1. The Labute approximate surface area is 108 Å². The third kappa shape index (κ3) is 1.69. The Kier molecular flexibility index (Phi) is 2.70. The number of hydrogen-bond donors (Lipinski definition) is 2. The maximum Gasteiger partial charge on any atom is 0.166 e. The van der Waals surface area contributed by atoms with E-state index in [1.807, 2.05) is 0 Å². The van der Waals surface area contributed by atoms with Crippen LogP contribution in [-0.4, -0.2) is 37.4 Å². The van der Waals surface area contributed by atoms with E-state index in [9.17, 15) is 9.50 Å². The second kappa shape index (κ2) is 4.27. The molecule has 19 heavy (non-hydrogen) atoms. The lowest BCUT2D eigenvalue weighted by Gasteiger charge is -2.17. The summed E-state index contributed by atoms with van der Waals surface area (Å²) in [6, 6.07) is -0.559. The minimum absolute atomic E-state index is 0.0977. The maximum atomic E-state index is 14.2. The number of aliphatic hydroxyl groups excluding tert-OH is 1. The standard InChI is InChI=1S/C12H14FN5O/c1-6-7(3-19)2-8(13)10(6)18-5-17-9-11(14)15-4-16-12(9)18/h4-5,7-8,10,19H,1-3H2,(H2,14,15,16)/t7-,8-,10+/m0/s1. The third-order valence-corrected chi connectivity index (χ3v) is 3.66. The zero-order valence-electron chi connectivity index (χ0n) is 10.2. The van der Waals surface area contributed by atoms with Gasteiger partial charge in [-0.05, 0) is 12.0 Å². The highest BCUT2D eigenvalue weighted by Gasteiger charge is 2.39. The van der Waals surface area contributed by atoms with Crippen LogP contribution in [-0.2, 0) is 0 Å². The van der Waals surface area contributed by atoms with Crippen LogP contribution in [0.1, 0.15) is 12.5 Å². The van der Waals surface area contributed by atoms with E-state index in [1.54, 1.807) is 4.57 Å². The topological polar surface area (TPSA) is 89.8 Å². The van der Waals surface area contributed by atoms with Crippen LogP contribution in [0.4, 0.5) is 10.2 Å². The fourth-order valence-corrected chi connectivity index (χ4v) is 2.64. The molecule has 3 atom stereocenters. The number of nitrogens with two attached hydrogens (primary N) is 1. The minimum Gasteiger partial charge on any atom is -0.396 e. The van der Waals surface area contributed by atoms with Crippen molar-refractivity contribution < 1.29 is 9.50 Å². The first-order valence-electron chi connectivity index (χ1n) is 6.00. The van der Waals surface area contributed by atoms with Gasteiger partial charge in [-0.1, -0.05) is 6.58 Å². The summed E-state index contributed by atoms with van der Waals surface area (Å²) in [6.07, 6.45) is 1.97. The van der Waals surface area contributed by atoms with Crippen molar-refractivity contribution in [3.05, 3.63) is 24.8 Å². The average molecular weight is 263 g/mol. The molecule has 0 spiro atoms. The second-order valence-corrected chi connectivity index (χ2v) is 4.73. The zero-order valence-corrected chi connectivity index (χ0v) is 10.2. The first kappa shape index (κ1) is 12.0. The number of fused-ring (bicyclic) bond motifs is 1. The molecule has 2 heterocycles. The fraction of sp³-hybridized carbons (Fsp3) is 0.417. The molecule has 1 aliphatic carbocycles. The Hall–Kier alpha value is -2.02. The molecule has 2 aromatic heterocycles. The lowest BCUT2D eigenvalue weighted by atomic mass is 10.0. The van der Waals surface area contributed by atoms with Crippen molar-refractivity contribution in [1.82, 2.24) is 19.5 Å². The van der Waals surface area contributed by atoms with Gasteiger partial charge in [0.1, 0.15) is 18.0 Å². The molecule has 0 aromatic carbocycles. The number of aromatic nitrogens is 4. The van der Waals surface area contributed by atoms with Crippen LogP contribution < -0.4 is 5.73 Å². The number of nitrogen functional groups attached to an aromatic ring is 1. The van der Waals surface area contributed by atoms with Crippen LogP contribution in [0.3, 0.4) is 0 Å². The normalized spacial score (nSPS) is 27.3. The molecule has 1 aliphatic rings. The van der Waals surface area contributed by atoms with E-state index in [0.29, 0.717) is 16.7 Å². The number of nitrogens with zero attached hydrogens (tertiary/aromatic N) is 4. The van der Waals surface area contributed by atoms with Crippen LogP contribution in [0.25, 0.3) is 11.2 Å². The first-order valence-corrected chi connectivity index (χ1v) is 6.00. The average Bonchev–Trinajstić information content (AvgIpc) is 2.92. The SMILES string of the molecule is C=C1[C@H](CO)C[C@H](F)[C@@H]1n1cnc2c(N)ncnc21. The summed E-state index contributed by atoms with van der Waals surface area (Å²) < 4.78 is 15.8. The first-order chi connectivity index (χ1) is 9.13. The van der Waals surface area contributed by atoms with Gasteiger partial charge in [0.05, 0.1) is 12.4 Å². The van der Waals surface area contributed by atoms with Crippen molar-refractivity contribution in [2.45, 2.75) is 18.6 Å². The molecule has 0 radical (unpaired) electrons. The predicted octanol–water partition coefficient (Wildman–Crippen LogP) is 0.856. The second-order valence-electron chi connectivity index (χ2n) is 4.73. The van der Waals surface area contributed by atoms with Crippen LogP contribution >= 0.6 is 0 Å². The Balaban J connectivity index is 2.10. The van der Waals surface area contributed by atoms with E-state index in [-0.39, 0.29) is 24.8 Å². The number of imidazole rings is 1. The van der Waals surface area contributed by atoms with Crippen molar-refractivity contribution in [2.24, 2.45) is 5.92 Å². The highest BCUT2D eigenvalue weighted by Crippen LogP contribution is 2.41. The Morgan fingerprint density at radius 2 is 2.26 bits per heavy atom. The van der Waals surface area contributed by atoms with Gasteiger partial charge in [0, 0.05) is 12.5 Å². The summed E-state index contributed by atoms with van der Waals surface area (Å²) in [6.45, 7) is 3.80. The van der Waals surface area contributed by atoms with E-state index in [1.165, 1.54) is 12.7 Å². The van der Waals surface area contributed by atoms with Gasteiger partial charge < -0.3 is 15.4 Å². The molecule has 6 nitrogen and oxygen atoms in total. The van der Waals surface area contributed by atoms with E-state index in [0.717, 1.165) is 0 Å². The highest BCUT2D eigenvalue weighted by molar-refractivity contribution is 5.81. The largest absolute Gasteiger partial charge is 0.396 e. The van der Waals surface area contributed by atoms with Gasteiger partial charge in [0.2, 0.25) is 0 Å². The Morgan fingerprint density at radius 3 is 2.95 bits per heavy atom. The minimum atomic E-state index is -1.11. The van der Waals surface area contributed by atoms with Crippen LogP contribution in [0, 0.1) is 5.92 Å². The van der Waals surface area contributed by atoms with E-state index < -0.39 is 12.2 Å². The van der Waals surface area contributed by atoms with Crippen molar-refractivity contribution in [2.75, 3.05) is 12.3 Å². The molecule has 7 heteroatoms. The molecule has 100 valence electrons. The van der Waals surface area contributed by atoms with Crippen molar-refractivity contribution in [3.8, 4) is 0 Å². The van der Waals surface area contributed by atoms with Gasteiger partial charge >= 0.3 is 0 Å². The number of hydrogen-bond acceptors (Lipinski definition) is 5. The summed E-state index contributed by atoms with van der Waals surface area (Å²) in [5.74, 6) is 0.0399. The van der Waals surface area contributed by atoms with E-state index in [2.05, 4.69) is 21.5 Å². The maximum absolute atomic E-state index is 14.2. The molecular formula is C12H14FN5O. The molecule has 0 unspecified atom stereocenters. The van der Waals surface area contributed by atoms with Gasteiger partial charge in [0.25, 0.3) is 0 Å². The molecule has 3 rings (SSSR count). The molecule has 0 saturated heterocycles. The van der Waals surface area contributed by atoms with Crippen LogP contribution in [0.15, 0.2) is 24.8 Å². The number of aliphatic hydroxyl groups is 1. The van der Waals surface area contributed by atoms with Crippen molar-refractivity contribution >= 4 is 17.0 Å². The molecule has 2 aromatic rings. The van der Waals surface area contributed by atoms with Gasteiger partial charge in [-0.2, -0.15) is 0 Å². The molecule has 0 aliphatic heterocycles. The molecular weight excluding hydrogens is 249 g/mol. The predicted molar refractivity (Wildman–Crippen MR) is 68.0 cm³/mol. The molecule has 0 amide bonds. The monoisotopic (exact) mass is 263 g/mol. The van der Waals surface area contributed by atoms with Crippen LogP contribution in [0.2, 0.25) is 0 Å². The van der Waals surface area contributed by atoms with E-state index in [4.69, 9.17) is 5.73 Å². The van der Waals surface area contributed by atoms with Gasteiger partial charge in [-0.3, -0.25) is 0 Å². The summed E-state index contributed by atoms with van der Waals surface area (Å²) in [4.78, 5) is 12.1. The van der Waals surface area contributed by atoms with Gasteiger partial charge in [0.15, 0.2) is 11.5 Å². The van der Waals surface area contributed by atoms with Crippen LogP contribution in [0.5, 0.6) is 0 Å². The van der Waals surface area contributed by atoms with Crippen molar-refractivity contribution in [1.29, 1.82) is 0 Å². The Morgan fingerprint density at radius 1 is 1.47 bits per heavy atom. The third-order valence-electron chi connectivity index (χ3n) is 3.66. The summed E-state index contributed by atoms with van der Waals surface area (Å²) >= 11 is 0. The molecule has 1 fully saturated rings. The lowest BCUT2D eigenvalue weighted by molar-refractivity contribution is 0.226. The number of rotatable bonds is 2. The summed E-state index contributed by atoms with van der Waals surface area (Å²) in [5.41, 5.74) is 7.31. The van der Waals surface area contributed by atoms with Crippen molar-refractivity contribution in [3.63, 3.8) is 0 Å². The molecule has 1 saturated carbocycles. The van der Waals surface area contributed by atoms with Gasteiger partial charge in [-0.15, -0.1) is 0 Å². The highest BCUT2D eigenvalue weighted by atomic mass is 19.1. The summed E-state index contributed by atoms with van der Waals surface area (Å²) in [7, 11) is 0. The number of alkyl halides is 1. The summed E-state index contributed by atoms with van der Waals surface area (Å²) in [5, 5.41) is 9.23. The zero-order chi connectivity index (χ0) is 13.6. The molecule has 0 bridgehead atoms. The van der Waals surface area contributed by atoms with Gasteiger partial charge in [-0.25, -0.2) is 19.3 Å². The Bertz CT molecular complexity index is 640. The number of halogens is 1. The quantitative estimate of drug-likeness (QED) is 0.784. The van der Waals surface area contributed by atoms with E-state index >= 15 is 0 Å².